The minimum atomic E-state index is -0.677. The zero-order chi connectivity index (χ0) is 24.8. The summed E-state index contributed by atoms with van der Waals surface area (Å²) < 4.78 is 12.2. The van der Waals surface area contributed by atoms with Crippen LogP contribution in [0.1, 0.15) is 68.4 Å². The Hall–Kier alpha value is -2.70. The number of ether oxygens (including phenoxy) is 2. The zero-order valence-electron chi connectivity index (χ0n) is 20.8. The van der Waals surface area contributed by atoms with Gasteiger partial charge in [0.1, 0.15) is 12.4 Å². The molecule has 3 atom stereocenters. The molecule has 0 radical (unpaired) electrons. The molecule has 184 valence electrons. The van der Waals surface area contributed by atoms with Crippen LogP contribution in [-0.4, -0.2) is 23.2 Å². The summed E-state index contributed by atoms with van der Waals surface area (Å²) in [5, 5.41) is 9.61. The second kappa shape index (κ2) is 9.07. The molecule has 1 saturated carbocycles. The van der Waals surface area contributed by atoms with Crippen molar-refractivity contribution in [3.8, 4) is 16.2 Å². The molecule has 5 nitrogen and oxygen atoms in total. The molecule has 0 bridgehead atoms. The van der Waals surface area contributed by atoms with Crippen LogP contribution >= 0.6 is 11.3 Å². The molecule has 2 aliphatic rings. The number of carbonyl (C=O) groups is 1. The number of aliphatic carboxylic acids is 1. The van der Waals surface area contributed by atoms with E-state index < -0.39 is 5.97 Å². The van der Waals surface area contributed by atoms with Gasteiger partial charge in [0.15, 0.2) is 0 Å². The number of nitrogens with zero attached hydrogens (tertiary/aromatic N) is 1. The maximum Gasteiger partial charge on any atom is 0.307 e. The molecule has 5 rings (SSSR count). The van der Waals surface area contributed by atoms with Gasteiger partial charge >= 0.3 is 5.97 Å². The number of carboxylic acids is 1. The van der Waals surface area contributed by atoms with Crippen molar-refractivity contribution in [3.63, 3.8) is 0 Å². The number of carboxylic acid groups (broad SMARTS) is 1. The number of aryl methyl sites for hydroxylation is 1. The quantitative estimate of drug-likeness (QED) is 0.394. The van der Waals surface area contributed by atoms with Gasteiger partial charge < -0.3 is 14.6 Å². The van der Waals surface area contributed by atoms with E-state index in [-0.39, 0.29) is 22.9 Å². The van der Waals surface area contributed by atoms with Gasteiger partial charge in [-0.1, -0.05) is 39.0 Å². The molecule has 0 unspecified atom stereocenters. The first-order valence-electron chi connectivity index (χ1n) is 12.3. The van der Waals surface area contributed by atoms with Crippen molar-refractivity contribution in [2.75, 3.05) is 7.11 Å². The summed E-state index contributed by atoms with van der Waals surface area (Å²) in [6, 6.07) is 12.7. The van der Waals surface area contributed by atoms with Crippen LogP contribution in [0.25, 0.3) is 10.4 Å². The highest BCUT2D eigenvalue weighted by molar-refractivity contribution is 7.13. The molecule has 1 fully saturated rings. The third-order valence-corrected chi connectivity index (χ3v) is 8.39. The molecule has 0 aliphatic heterocycles. The maximum atomic E-state index is 11.7. The van der Waals surface area contributed by atoms with E-state index in [1.165, 1.54) is 11.1 Å². The summed E-state index contributed by atoms with van der Waals surface area (Å²) in [5.41, 5.74) is 7.39. The highest BCUT2D eigenvalue weighted by Gasteiger charge is 2.60. The van der Waals surface area contributed by atoms with Gasteiger partial charge in [-0.3, -0.25) is 9.78 Å². The Labute approximate surface area is 211 Å². The lowest BCUT2D eigenvalue weighted by atomic mass is 9.78. The lowest BCUT2D eigenvalue weighted by Gasteiger charge is -2.31. The molecule has 3 aromatic rings. The summed E-state index contributed by atoms with van der Waals surface area (Å²) in [4.78, 5) is 17.1. The smallest absolute Gasteiger partial charge is 0.307 e. The monoisotopic (exact) mass is 491 g/mol. The minimum Gasteiger partial charge on any atom is -0.489 e. The van der Waals surface area contributed by atoms with E-state index in [4.69, 9.17) is 9.47 Å². The largest absolute Gasteiger partial charge is 0.489 e. The fourth-order valence-electron chi connectivity index (χ4n) is 5.86. The highest BCUT2D eigenvalue weighted by atomic mass is 32.1. The van der Waals surface area contributed by atoms with Gasteiger partial charge in [0.25, 0.3) is 0 Å². The Morgan fingerprint density at radius 2 is 2.09 bits per heavy atom. The summed E-state index contributed by atoms with van der Waals surface area (Å²) in [6.07, 6.45) is 5.59. The van der Waals surface area contributed by atoms with Gasteiger partial charge in [0, 0.05) is 18.7 Å². The molecular formula is C29H33NO4S. The standard InChI is InChI=1S/C29H33NO4S/c1-28(2,3)26(33-4)22-12-18(7-10-21(22)25-15-30-17-35-25)16-34-20-9-8-19-6-5-11-29(23(19)13-20)14-24(29)27(31)32/h7-10,12-13,15,17,24,26H,5-6,11,14,16H2,1-4H3,(H,31,32)/t24-,26+,29-/m1/s1. The number of benzene rings is 2. The molecule has 2 aromatic carbocycles. The van der Waals surface area contributed by atoms with E-state index in [1.807, 2.05) is 17.8 Å². The van der Waals surface area contributed by atoms with E-state index in [0.717, 1.165) is 53.0 Å². The van der Waals surface area contributed by atoms with Crippen molar-refractivity contribution in [2.45, 2.75) is 64.6 Å². The molecule has 1 aromatic heterocycles. The van der Waals surface area contributed by atoms with Crippen LogP contribution in [0, 0.1) is 11.3 Å². The molecule has 1 N–H and O–H groups in total. The van der Waals surface area contributed by atoms with E-state index in [9.17, 15) is 9.90 Å². The predicted molar refractivity (Wildman–Crippen MR) is 138 cm³/mol. The van der Waals surface area contributed by atoms with Crippen LogP contribution in [0.15, 0.2) is 48.1 Å². The molecule has 0 saturated heterocycles. The van der Waals surface area contributed by atoms with Gasteiger partial charge in [0.05, 0.1) is 22.4 Å². The van der Waals surface area contributed by atoms with Crippen LogP contribution in [0.3, 0.4) is 0 Å². The maximum absolute atomic E-state index is 11.7. The fraction of sp³-hybridized carbons (Fsp3) is 0.448. The molecule has 1 spiro atoms. The topological polar surface area (TPSA) is 68.7 Å². The number of hydrogen-bond acceptors (Lipinski definition) is 5. The summed E-state index contributed by atoms with van der Waals surface area (Å²) in [5.74, 6) is -0.139. The van der Waals surface area contributed by atoms with E-state index in [0.29, 0.717) is 6.61 Å². The van der Waals surface area contributed by atoms with Crippen molar-refractivity contribution < 1.29 is 19.4 Å². The first-order valence-corrected chi connectivity index (χ1v) is 13.1. The SMILES string of the molecule is CO[C@@H](c1cc(COc2ccc3c(c2)[C@@]2(CCC3)C[C@@H]2C(=O)O)ccc1-c1cncs1)C(C)(C)C. The molecular weight excluding hydrogens is 458 g/mol. The first-order chi connectivity index (χ1) is 16.7. The van der Waals surface area contributed by atoms with E-state index in [2.05, 4.69) is 56.1 Å². The number of thiazole rings is 1. The highest BCUT2D eigenvalue weighted by Crippen LogP contribution is 2.60. The van der Waals surface area contributed by atoms with Crippen molar-refractivity contribution in [2.24, 2.45) is 11.3 Å². The normalized spacial score (nSPS) is 22.0. The second-order valence-electron chi connectivity index (χ2n) is 11.0. The second-order valence-corrected chi connectivity index (χ2v) is 11.9. The summed E-state index contributed by atoms with van der Waals surface area (Å²) in [6.45, 7) is 6.99. The Morgan fingerprint density at radius 1 is 1.26 bits per heavy atom. The lowest BCUT2D eigenvalue weighted by molar-refractivity contribution is -0.139. The van der Waals surface area contributed by atoms with Crippen LogP contribution in [-0.2, 0) is 28.0 Å². The van der Waals surface area contributed by atoms with Gasteiger partial charge in [-0.25, -0.2) is 0 Å². The number of aromatic nitrogens is 1. The van der Waals surface area contributed by atoms with Crippen LogP contribution in [0.4, 0.5) is 0 Å². The van der Waals surface area contributed by atoms with Crippen molar-refractivity contribution >= 4 is 17.3 Å². The minimum absolute atomic E-state index is 0.0778. The molecule has 2 aliphatic carbocycles. The van der Waals surface area contributed by atoms with Crippen LogP contribution < -0.4 is 4.74 Å². The Balaban J connectivity index is 1.41. The molecule has 1 heterocycles. The van der Waals surface area contributed by atoms with Crippen molar-refractivity contribution in [1.29, 1.82) is 0 Å². The third kappa shape index (κ3) is 4.50. The Kier molecular flexibility index (Phi) is 6.22. The number of fused-ring (bicyclic) bond motifs is 2. The Bertz CT molecular complexity index is 1230. The third-order valence-electron chi connectivity index (χ3n) is 7.58. The first kappa shape index (κ1) is 24.0. The fourth-order valence-corrected chi connectivity index (χ4v) is 6.53. The predicted octanol–water partition coefficient (Wildman–Crippen LogP) is 6.80. The average molecular weight is 492 g/mol. The molecule has 6 heteroatoms. The molecule has 0 amide bonds. The van der Waals surface area contributed by atoms with Gasteiger partial charge in [-0.2, -0.15) is 0 Å². The van der Waals surface area contributed by atoms with Crippen LogP contribution in [0.5, 0.6) is 5.75 Å². The summed E-state index contributed by atoms with van der Waals surface area (Å²) in [7, 11) is 1.76. The van der Waals surface area contributed by atoms with E-state index in [1.54, 1.807) is 18.4 Å². The Morgan fingerprint density at radius 3 is 2.74 bits per heavy atom. The number of methoxy groups -OCH3 is 1. The lowest BCUT2D eigenvalue weighted by Crippen LogP contribution is -2.21. The van der Waals surface area contributed by atoms with Gasteiger partial charge in [-0.05, 0) is 77.1 Å². The number of rotatable bonds is 7. The summed E-state index contributed by atoms with van der Waals surface area (Å²) >= 11 is 1.63. The average Bonchev–Trinajstić information content (AvgIpc) is 3.28. The molecule has 35 heavy (non-hydrogen) atoms. The van der Waals surface area contributed by atoms with Crippen molar-refractivity contribution in [3.05, 3.63) is 70.4 Å². The van der Waals surface area contributed by atoms with Gasteiger partial charge in [0.2, 0.25) is 0 Å². The van der Waals surface area contributed by atoms with Crippen LogP contribution in [0.2, 0.25) is 0 Å². The van der Waals surface area contributed by atoms with Crippen molar-refractivity contribution in [1.82, 2.24) is 4.98 Å². The zero-order valence-corrected chi connectivity index (χ0v) is 21.7. The van der Waals surface area contributed by atoms with E-state index >= 15 is 0 Å². The van der Waals surface area contributed by atoms with Gasteiger partial charge in [-0.15, -0.1) is 11.3 Å². The number of hydrogen-bond donors (Lipinski definition) is 1.